The van der Waals surface area contributed by atoms with Gasteiger partial charge in [-0.2, -0.15) is 0 Å². The second-order valence-electron chi connectivity index (χ2n) is 6.02. The lowest BCUT2D eigenvalue weighted by Crippen LogP contribution is -2.33. The molecule has 2 aromatic rings. The van der Waals surface area contributed by atoms with E-state index >= 15 is 0 Å². The molecule has 2 nitrogen and oxygen atoms in total. The van der Waals surface area contributed by atoms with Crippen LogP contribution in [0.25, 0.3) is 0 Å². The van der Waals surface area contributed by atoms with Crippen molar-refractivity contribution >= 4 is 11.4 Å². The van der Waals surface area contributed by atoms with Gasteiger partial charge in [-0.1, -0.05) is 24.3 Å². The zero-order valence-electron chi connectivity index (χ0n) is 13.0. The maximum atomic E-state index is 3.56. The Kier molecular flexibility index (Phi) is 4.14. The fraction of sp³-hybridized carbons (Fsp3) is 0.368. The van der Waals surface area contributed by atoms with Crippen LogP contribution in [0.5, 0.6) is 0 Å². The summed E-state index contributed by atoms with van der Waals surface area (Å²) in [5.74, 6) is 0. The van der Waals surface area contributed by atoms with E-state index in [1.54, 1.807) is 0 Å². The molecule has 1 aliphatic heterocycles. The first-order valence-corrected chi connectivity index (χ1v) is 7.87. The quantitative estimate of drug-likeness (QED) is 0.904. The van der Waals surface area contributed by atoms with Crippen molar-refractivity contribution in [1.29, 1.82) is 0 Å². The average Bonchev–Trinajstić information content (AvgIpc) is 2.46. The molecule has 1 heterocycles. The summed E-state index contributed by atoms with van der Waals surface area (Å²) in [5.41, 5.74) is 6.79. The van der Waals surface area contributed by atoms with Gasteiger partial charge in [-0.15, -0.1) is 0 Å². The van der Waals surface area contributed by atoms with E-state index in [1.807, 2.05) is 0 Å². The summed E-state index contributed by atoms with van der Waals surface area (Å²) < 4.78 is 0. The van der Waals surface area contributed by atoms with Crippen molar-refractivity contribution in [3.8, 4) is 0 Å². The third-order valence-corrected chi connectivity index (χ3v) is 4.14. The lowest BCUT2D eigenvalue weighted by Gasteiger charge is -2.31. The Morgan fingerprint density at radius 2 is 1.81 bits per heavy atom. The number of aryl methyl sites for hydroxylation is 3. The Hall–Kier alpha value is -1.96. The standard InChI is InChI=1S/C19H24N2/c1-15-12-16(2)14-18(13-15)20-9-11-21-10-5-7-17-6-3-4-8-19(17)21/h3-4,6,8,12-14,20H,5,7,9-11H2,1-2H3. The van der Waals surface area contributed by atoms with Crippen LogP contribution in [0.15, 0.2) is 42.5 Å². The van der Waals surface area contributed by atoms with Gasteiger partial charge in [-0.3, -0.25) is 0 Å². The second kappa shape index (κ2) is 6.21. The summed E-state index contributed by atoms with van der Waals surface area (Å²) in [6.45, 7) is 7.52. The molecule has 0 saturated carbocycles. The van der Waals surface area contributed by atoms with E-state index in [1.165, 1.54) is 47.5 Å². The van der Waals surface area contributed by atoms with Gasteiger partial charge >= 0.3 is 0 Å². The Bertz CT molecular complexity index is 598. The molecule has 21 heavy (non-hydrogen) atoms. The van der Waals surface area contributed by atoms with Crippen LogP contribution < -0.4 is 10.2 Å². The van der Waals surface area contributed by atoms with E-state index < -0.39 is 0 Å². The molecule has 110 valence electrons. The summed E-state index contributed by atoms with van der Waals surface area (Å²) >= 11 is 0. The molecule has 0 amide bonds. The number of nitrogens with one attached hydrogen (secondary N) is 1. The summed E-state index contributed by atoms with van der Waals surface area (Å²) in [4.78, 5) is 2.51. The Balaban J connectivity index is 1.61. The molecule has 0 unspecified atom stereocenters. The molecular weight excluding hydrogens is 256 g/mol. The van der Waals surface area contributed by atoms with Crippen LogP contribution in [0.3, 0.4) is 0 Å². The minimum atomic E-state index is 0.983. The molecule has 0 saturated heterocycles. The number of rotatable bonds is 4. The Labute approximate surface area is 127 Å². The van der Waals surface area contributed by atoms with Crippen molar-refractivity contribution in [2.75, 3.05) is 29.9 Å². The topological polar surface area (TPSA) is 15.3 Å². The van der Waals surface area contributed by atoms with E-state index in [0.717, 1.165) is 13.1 Å². The number of fused-ring (bicyclic) bond motifs is 1. The van der Waals surface area contributed by atoms with Gasteiger partial charge in [0.2, 0.25) is 0 Å². The van der Waals surface area contributed by atoms with Crippen LogP contribution in [0.2, 0.25) is 0 Å². The van der Waals surface area contributed by atoms with Crippen molar-refractivity contribution in [1.82, 2.24) is 0 Å². The zero-order chi connectivity index (χ0) is 14.7. The third kappa shape index (κ3) is 3.38. The normalized spacial score (nSPS) is 13.9. The number of hydrogen-bond acceptors (Lipinski definition) is 2. The van der Waals surface area contributed by atoms with Crippen LogP contribution >= 0.6 is 0 Å². The van der Waals surface area contributed by atoms with Crippen LogP contribution in [0.4, 0.5) is 11.4 Å². The fourth-order valence-corrected chi connectivity index (χ4v) is 3.26. The number of hydrogen-bond donors (Lipinski definition) is 1. The van der Waals surface area contributed by atoms with E-state index in [2.05, 4.69) is 66.5 Å². The molecule has 0 fully saturated rings. The van der Waals surface area contributed by atoms with Crippen LogP contribution in [-0.4, -0.2) is 19.6 Å². The number of benzene rings is 2. The van der Waals surface area contributed by atoms with Gasteiger partial charge in [-0.05, 0) is 61.6 Å². The first-order valence-electron chi connectivity index (χ1n) is 7.87. The van der Waals surface area contributed by atoms with Crippen molar-refractivity contribution in [3.63, 3.8) is 0 Å². The van der Waals surface area contributed by atoms with Gasteiger partial charge in [0.1, 0.15) is 0 Å². The minimum Gasteiger partial charge on any atom is -0.383 e. The van der Waals surface area contributed by atoms with Gasteiger partial charge in [-0.25, -0.2) is 0 Å². The largest absolute Gasteiger partial charge is 0.383 e. The average molecular weight is 280 g/mol. The van der Waals surface area contributed by atoms with Crippen LogP contribution in [0.1, 0.15) is 23.1 Å². The van der Waals surface area contributed by atoms with E-state index in [9.17, 15) is 0 Å². The molecule has 0 bridgehead atoms. The molecule has 0 aliphatic carbocycles. The molecule has 1 aliphatic rings. The summed E-state index contributed by atoms with van der Waals surface area (Å²) in [7, 11) is 0. The van der Waals surface area contributed by atoms with Crippen LogP contribution in [-0.2, 0) is 6.42 Å². The van der Waals surface area contributed by atoms with Gasteiger partial charge in [0, 0.05) is 31.0 Å². The van der Waals surface area contributed by atoms with Gasteiger partial charge in [0.15, 0.2) is 0 Å². The Morgan fingerprint density at radius 1 is 1.05 bits per heavy atom. The van der Waals surface area contributed by atoms with Gasteiger partial charge < -0.3 is 10.2 Å². The van der Waals surface area contributed by atoms with E-state index in [0.29, 0.717) is 0 Å². The summed E-state index contributed by atoms with van der Waals surface area (Å²) in [6, 6.07) is 15.5. The molecule has 0 radical (unpaired) electrons. The minimum absolute atomic E-state index is 0.983. The highest BCUT2D eigenvalue weighted by molar-refractivity contribution is 5.56. The predicted molar refractivity (Wildman–Crippen MR) is 91.4 cm³/mol. The molecule has 0 spiro atoms. The van der Waals surface area contributed by atoms with Crippen molar-refractivity contribution < 1.29 is 0 Å². The lowest BCUT2D eigenvalue weighted by molar-refractivity contribution is 0.698. The molecule has 2 aromatic carbocycles. The van der Waals surface area contributed by atoms with Crippen molar-refractivity contribution in [3.05, 3.63) is 59.2 Å². The number of nitrogens with zero attached hydrogens (tertiary/aromatic N) is 1. The number of anilines is 2. The monoisotopic (exact) mass is 280 g/mol. The van der Waals surface area contributed by atoms with E-state index in [-0.39, 0.29) is 0 Å². The zero-order valence-corrected chi connectivity index (χ0v) is 13.0. The molecule has 0 atom stereocenters. The second-order valence-corrected chi connectivity index (χ2v) is 6.02. The molecule has 0 aromatic heterocycles. The van der Waals surface area contributed by atoms with Crippen LogP contribution in [0, 0.1) is 13.8 Å². The lowest BCUT2D eigenvalue weighted by atomic mass is 10.0. The molecule has 3 rings (SSSR count). The fourth-order valence-electron chi connectivity index (χ4n) is 3.26. The van der Waals surface area contributed by atoms with Gasteiger partial charge in [0.25, 0.3) is 0 Å². The van der Waals surface area contributed by atoms with Crippen molar-refractivity contribution in [2.45, 2.75) is 26.7 Å². The summed E-state index contributed by atoms with van der Waals surface area (Å²) in [5, 5.41) is 3.56. The molecular formula is C19H24N2. The molecule has 1 N–H and O–H groups in total. The maximum Gasteiger partial charge on any atom is 0.0399 e. The molecule has 2 heteroatoms. The Morgan fingerprint density at radius 3 is 2.62 bits per heavy atom. The van der Waals surface area contributed by atoms with Gasteiger partial charge in [0.05, 0.1) is 0 Å². The first kappa shape index (κ1) is 14.0. The van der Waals surface area contributed by atoms with E-state index in [4.69, 9.17) is 0 Å². The smallest absolute Gasteiger partial charge is 0.0399 e. The first-order chi connectivity index (χ1) is 10.2. The predicted octanol–water partition coefficient (Wildman–Crippen LogP) is 4.17. The number of para-hydroxylation sites is 1. The third-order valence-electron chi connectivity index (χ3n) is 4.14. The highest BCUT2D eigenvalue weighted by atomic mass is 15.1. The highest BCUT2D eigenvalue weighted by Crippen LogP contribution is 2.26. The SMILES string of the molecule is Cc1cc(C)cc(NCCN2CCCc3ccccc32)c1. The summed E-state index contributed by atoms with van der Waals surface area (Å²) in [6.07, 6.45) is 2.48. The maximum absolute atomic E-state index is 3.56. The van der Waals surface area contributed by atoms with Crippen molar-refractivity contribution in [2.24, 2.45) is 0 Å². The highest BCUT2D eigenvalue weighted by Gasteiger charge is 2.15.